The summed E-state index contributed by atoms with van der Waals surface area (Å²) in [4.78, 5) is 123. The molecule has 0 bridgehead atoms. The van der Waals surface area contributed by atoms with E-state index in [2.05, 4.69) is 20.8 Å². The Kier molecular flexibility index (Phi) is 38.9. The van der Waals surface area contributed by atoms with Crippen molar-refractivity contribution in [2.75, 3.05) is 78.5 Å². The lowest BCUT2D eigenvalue weighted by molar-refractivity contribution is -0.139. The fourth-order valence-corrected chi connectivity index (χ4v) is 12.9. The van der Waals surface area contributed by atoms with E-state index >= 15 is 4.79 Å². The molecule has 0 radical (unpaired) electrons. The minimum Gasteiger partial charge on any atom is -0.335 e. The van der Waals surface area contributed by atoms with Crippen molar-refractivity contribution in [2.45, 2.75) is 196 Å². The first kappa shape index (κ1) is 81.7. The molecule has 4 atom stereocenters. The van der Waals surface area contributed by atoms with Crippen molar-refractivity contribution in [3.05, 3.63) is 144 Å². The molecular formula is C80H122N8O8. The van der Waals surface area contributed by atoms with E-state index in [-0.39, 0.29) is 161 Å². The zero-order valence-electron chi connectivity index (χ0n) is 59.7. The quantitative estimate of drug-likeness (QED) is 0.0301. The van der Waals surface area contributed by atoms with E-state index < -0.39 is 11.3 Å². The second-order valence-corrected chi connectivity index (χ2v) is 29.3. The monoisotopic (exact) mass is 1320 g/mol. The van der Waals surface area contributed by atoms with Gasteiger partial charge in [0.2, 0.25) is 23.6 Å². The van der Waals surface area contributed by atoms with Crippen LogP contribution in [0, 0.1) is 34.5 Å². The zero-order chi connectivity index (χ0) is 70.1. The number of unbranched alkanes of at least 4 members (excludes halogenated alkanes) is 4. The summed E-state index contributed by atoms with van der Waals surface area (Å²) in [5, 5.41) is 0. The van der Waals surface area contributed by atoms with Crippen molar-refractivity contribution in [1.82, 2.24) is 19.6 Å². The number of ketones is 4. The molecule has 0 fully saturated rings. The van der Waals surface area contributed by atoms with Gasteiger partial charge in [0.05, 0.1) is 26.2 Å². The molecule has 0 saturated heterocycles. The molecule has 0 unspecified atom stereocenters. The highest BCUT2D eigenvalue weighted by Crippen LogP contribution is 2.30. The Morgan fingerprint density at radius 2 is 0.573 bits per heavy atom. The summed E-state index contributed by atoms with van der Waals surface area (Å²) in [7, 11) is 0. The molecule has 4 amide bonds. The molecule has 0 aliphatic heterocycles. The standard InChI is InChI=1S/C80H122N8O8/c1-79(2,3)54-70(38-22-26-50-84)58-87(77(95)45-41-65-31-15-9-16-32-65)61-73(91)52-68(36-20-24-48-82)56-85(75(93)43-39-63-27-11-7-12-28-63)59-71(89)51-67(35-19-23-47-81)55-86(76(94)44-40-64-29-13-8-14-30-64)60-72(90)53-69(37-21-25-49-83)57-88(62-74(92)80(4,5)6)78(96)46-42-66-33-17-10-18-34-66/h7-18,27-34,67-70H,19-26,35-62,81-84H2,1-6H3/t67-,68-,69-,70-/m1/s1. The highest BCUT2D eigenvalue weighted by atomic mass is 16.2. The van der Waals surface area contributed by atoms with Crippen LogP contribution < -0.4 is 22.9 Å². The van der Waals surface area contributed by atoms with E-state index in [0.717, 1.165) is 47.9 Å². The molecule has 0 aliphatic rings. The molecular weight excluding hydrogens is 1200 g/mol. The summed E-state index contributed by atoms with van der Waals surface area (Å²) < 4.78 is 0. The van der Waals surface area contributed by atoms with Crippen LogP contribution in [-0.4, -0.2) is 145 Å². The topological polar surface area (TPSA) is 254 Å². The molecule has 16 heteroatoms. The van der Waals surface area contributed by atoms with Gasteiger partial charge in [0.15, 0.2) is 23.1 Å². The predicted molar refractivity (Wildman–Crippen MR) is 388 cm³/mol. The molecule has 4 aromatic rings. The molecule has 0 aliphatic carbocycles. The number of aryl methyl sites for hydroxylation is 4. The van der Waals surface area contributed by atoms with Crippen LogP contribution in [0.5, 0.6) is 0 Å². The second-order valence-electron chi connectivity index (χ2n) is 29.3. The van der Waals surface area contributed by atoms with Crippen molar-refractivity contribution in [3.8, 4) is 0 Å². The first-order chi connectivity index (χ1) is 46.0. The average molecular weight is 1320 g/mol. The maximum absolute atomic E-state index is 15.0. The molecule has 4 rings (SSSR count). The number of carbonyl (C=O) groups excluding carboxylic acids is 8. The predicted octanol–water partition coefficient (Wildman–Crippen LogP) is 11.7. The van der Waals surface area contributed by atoms with Crippen LogP contribution >= 0.6 is 0 Å². The summed E-state index contributed by atoms with van der Waals surface area (Å²) in [6.45, 7) is 14.4. The van der Waals surface area contributed by atoms with E-state index in [4.69, 9.17) is 22.9 Å². The van der Waals surface area contributed by atoms with Crippen LogP contribution in [0.2, 0.25) is 0 Å². The van der Waals surface area contributed by atoms with Gasteiger partial charge in [-0.2, -0.15) is 0 Å². The third-order valence-corrected chi connectivity index (χ3v) is 18.2. The highest BCUT2D eigenvalue weighted by molar-refractivity contribution is 5.90. The van der Waals surface area contributed by atoms with Crippen LogP contribution in [0.15, 0.2) is 121 Å². The fourth-order valence-electron chi connectivity index (χ4n) is 12.9. The number of amides is 4. The first-order valence-corrected chi connectivity index (χ1v) is 36.1. The Bertz CT molecular complexity index is 2880. The Labute approximate surface area is 577 Å². The minimum absolute atomic E-state index is 0.0109. The van der Waals surface area contributed by atoms with Gasteiger partial charge in [-0.3, -0.25) is 38.4 Å². The van der Waals surface area contributed by atoms with Gasteiger partial charge in [-0.15, -0.1) is 0 Å². The molecule has 0 aromatic heterocycles. The van der Waals surface area contributed by atoms with Gasteiger partial charge in [-0.05, 0) is 161 Å². The summed E-state index contributed by atoms with van der Waals surface area (Å²) in [5.41, 5.74) is 27.4. The molecule has 0 heterocycles. The van der Waals surface area contributed by atoms with Gasteiger partial charge >= 0.3 is 0 Å². The SMILES string of the molecule is CC(C)(C)C[C@@H](CCCCN)CN(CC(=O)C[C@@H](CCCCN)CN(CC(=O)C[C@@H](CCCCN)CN(CC(=O)C[C@@H](CCCCN)CN(CC(=O)C(C)(C)C)C(=O)CCc1ccccc1)C(=O)CCc1ccccc1)C(=O)CCc1ccccc1)C(=O)CCc1ccccc1. The van der Waals surface area contributed by atoms with Crippen molar-refractivity contribution in [1.29, 1.82) is 0 Å². The lowest BCUT2D eigenvalue weighted by Crippen LogP contribution is -2.44. The molecule has 8 N–H and O–H groups in total. The third-order valence-electron chi connectivity index (χ3n) is 18.2. The Morgan fingerprint density at radius 1 is 0.333 bits per heavy atom. The highest BCUT2D eigenvalue weighted by Gasteiger charge is 2.32. The number of rotatable bonds is 51. The van der Waals surface area contributed by atoms with Crippen LogP contribution in [-0.2, 0) is 64.0 Å². The summed E-state index contributed by atoms with van der Waals surface area (Å²) >= 11 is 0. The van der Waals surface area contributed by atoms with Crippen LogP contribution in [0.4, 0.5) is 0 Å². The molecule has 4 aromatic carbocycles. The van der Waals surface area contributed by atoms with Gasteiger partial charge in [0.1, 0.15) is 0 Å². The molecule has 16 nitrogen and oxygen atoms in total. The smallest absolute Gasteiger partial charge is 0.223 e. The Hall–Kier alpha value is -6.72. The number of nitrogens with zero attached hydrogens (tertiary/aromatic N) is 4. The van der Waals surface area contributed by atoms with E-state index in [1.165, 1.54) is 0 Å². The maximum atomic E-state index is 15.0. The van der Waals surface area contributed by atoms with Crippen molar-refractivity contribution in [2.24, 2.45) is 57.4 Å². The zero-order valence-corrected chi connectivity index (χ0v) is 59.7. The lowest BCUT2D eigenvalue weighted by Gasteiger charge is -2.32. The largest absolute Gasteiger partial charge is 0.335 e. The number of Topliss-reactive ketones (excluding diaryl/α,β-unsaturated/α-hetero) is 4. The fraction of sp³-hybridized carbons (Fsp3) is 0.600. The van der Waals surface area contributed by atoms with E-state index in [1.807, 2.05) is 142 Å². The maximum Gasteiger partial charge on any atom is 0.223 e. The van der Waals surface area contributed by atoms with Crippen LogP contribution in [0.1, 0.15) is 192 Å². The van der Waals surface area contributed by atoms with Gasteiger partial charge in [-0.1, -0.05) is 189 Å². The number of hydrogen-bond acceptors (Lipinski definition) is 12. The molecule has 530 valence electrons. The number of carbonyl (C=O) groups is 8. The van der Waals surface area contributed by atoms with Crippen LogP contribution in [0.25, 0.3) is 0 Å². The average Bonchev–Trinajstić information content (AvgIpc) is 1.28. The van der Waals surface area contributed by atoms with Crippen molar-refractivity contribution >= 4 is 46.8 Å². The summed E-state index contributed by atoms with van der Waals surface area (Å²) in [6, 6.07) is 39.1. The minimum atomic E-state index is -0.703. The molecule has 0 saturated carbocycles. The van der Waals surface area contributed by atoms with Gasteiger partial charge in [0.25, 0.3) is 0 Å². The van der Waals surface area contributed by atoms with Gasteiger partial charge in [0, 0.05) is 76.5 Å². The second kappa shape index (κ2) is 45.7. The molecule has 0 spiro atoms. The van der Waals surface area contributed by atoms with Crippen molar-refractivity contribution < 1.29 is 38.4 Å². The van der Waals surface area contributed by atoms with Crippen LogP contribution in [0.3, 0.4) is 0 Å². The number of hydrogen-bond donors (Lipinski definition) is 4. The number of nitrogens with two attached hydrogens (primary N) is 4. The van der Waals surface area contributed by atoms with Crippen molar-refractivity contribution in [3.63, 3.8) is 0 Å². The normalized spacial score (nSPS) is 12.9. The number of benzene rings is 4. The lowest BCUT2D eigenvalue weighted by atomic mass is 9.82. The van der Waals surface area contributed by atoms with Gasteiger partial charge in [-0.25, -0.2) is 0 Å². The Morgan fingerprint density at radius 3 is 0.812 bits per heavy atom. The van der Waals surface area contributed by atoms with E-state index in [1.54, 1.807) is 19.6 Å². The Balaban J connectivity index is 1.67. The van der Waals surface area contributed by atoms with E-state index in [0.29, 0.717) is 116 Å². The summed E-state index contributed by atoms with van der Waals surface area (Å²) in [6.07, 6.45) is 12.2. The first-order valence-electron chi connectivity index (χ1n) is 36.1. The molecule has 96 heavy (non-hydrogen) atoms. The third kappa shape index (κ3) is 35.0. The van der Waals surface area contributed by atoms with Gasteiger partial charge < -0.3 is 42.5 Å². The summed E-state index contributed by atoms with van der Waals surface area (Å²) in [5.74, 6) is -2.17. The van der Waals surface area contributed by atoms with E-state index in [9.17, 15) is 33.6 Å².